The summed E-state index contributed by atoms with van der Waals surface area (Å²) in [5, 5.41) is 26.8. The molecule has 0 radical (unpaired) electrons. The normalized spacial score (nSPS) is 14.7. The number of nitro groups is 1. The lowest BCUT2D eigenvalue weighted by atomic mass is 9.95. The molecule has 1 aromatic carbocycles. The molecule has 9 nitrogen and oxygen atoms in total. The summed E-state index contributed by atoms with van der Waals surface area (Å²) in [7, 11) is 0. The van der Waals surface area contributed by atoms with Crippen molar-refractivity contribution in [2.75, 3.05) is 23.3 Å². The summed E-state index contributed by atoms with van der Waals surface area (Å²) in [6.07, 6.45) is 1.10. The number of nitrogens with one attached hydrogen (secondary N) is 1. The maximum absolute atomic E-state index is 12.3. The van der Waals surface area contributed by atoms with Crippen molar-refractivity contribution in [1.29, 1.82) is 5.26 Å². The molecule has 1 aromatic heterocycles. The van der Waals surface area contributed by atoms with Gasteiger partial charge in [0.15, 0.2) is 5.82 Å². The van der Waals surface area contributed by atoms with E-state index in [4.69, 9.17) is 9.78 Å². The Morgan fingerprint density at radius 1 is 1.42 bits per heavy atom. The Morgan fingerprint density at radius 2 is 2.15 bits per heavy atom. The first-order chi connectivity index (χ1) is 12.5. The third-order valence-electron chi connectivity index (χ3n) is 4.39. The van der Waals surface area contributed by atoms with Crippen LogP contribution in [0.4, 0.5) is 17.2 Å². The van der Waals surface area contributed by atoms with E-state index in [1.807, 2.05) is 11.0 Å². The molecule has 1 amide bonds. The van der Waals surface area contributed by atoms with Crippen LogP contribution in [0, 0.1) is 34.3 Å². The molecule has 0 atom stereocenters. The van der Waals surface area contributed by atoms with Crippen LogP contribution in [0.3, 0.4) is 0 Å². The predicted octanol–water partition coefficient (Wildman–Crippen LogP) is 2.62. The molecule has 26 heavy (non-hydrogen) atoms. The Kier molecular flexibility index (Phi) is 4.84. The number of benzene rings is 1. The molecule has 2 heterocycles. The van der Waals surface area contributed by atoms with Crippen molar-refractivity contribution in [1.82, 2.24) is 5.16 Å². The molecule has 9 heteroatoms. The summed E-state index contributed by atoms with van der Waals surface area (Å²) in [6, 6.07) is 7.95. The Hall–Kier alpha value is -3.41. The lowest BCUT2D eigenvalue weighted by molar-refractivity contribution is -0.384. The van der Waals surface area contributed by atoms with Gasteiger partial charge in [-0.25, -0.2) is 0 Å². The highest BCUT2D eigenvalue weighted by atomic mass is 16.6. The number of nitrogens with zero attached hydrogens (tertiary/aromatic N) is 4. The van der Waals surface area contributed by atoms with Crippen molar-refractivity contribution < 1.29 is 14.2 Å². The summed E-state index contributed by atoms with van der Waals surface area (Å²) in [5.74, 6) is 0.645. The van der Waals surface area contributed by atoms with E-state index in [0.29, 0.717) is 48.8 Å². The van der Waals surface area contributed by atoms with Gasteiger partial charge in [-0.3, -0.25) is 14.9 Å². The third kappa shape index (κ3) is 3.64. The van der Waals surface area contributed by atoms with Crippen LogP contribution in [0.2, 0.25) is 0 Å². The van der Waals surface area contributed by atoms with E-state index in [1.165, 1.54) is 18.2 Å². The standard InChI is InChI=1S/C17H17N5O4/c1-11-8-16(20-26-11)19-17(23)13-4-6-21(7-5-13)15-9-12(10-18)2-3-14(15)22(24)25/h2-3,8-9,13H,4-7H2,1H3,(H,19,20,23). The van der Waals surface area contributed by atoms with Gasteiger partial charge >= 0.3 is 0 Å². The number of carbonyl (C=O) groups excluding carboxylic acids is 1. The van der Waals surface area contributed by atoms with Gasteiger partial charge in [0, 0.05) is 31.1 Å². The fraction of sp³-hybridized carbons (Fsp3) is 0.353. The van der Waals surface area contributed by atoms with Crippen molar-refractivity contribution >= 4 is 23.1 Å². The maximum Gasteiger partial charge on any atom is 0.292 e. The van der Waals surface area contributed by atoms with Crippen LogP contribution < -0.4 is 10.2 Å². The average molecular weight is 355 g/mol. The number of hydrogen-bond donors (Lipinski definition) is 1. The fourth-order valence-corrected chi connectivity index (χ4v) is 3.04. The predicted molar refractivity (Wildman–Crippen MR) is 92.6 cm³/mol. The Bertz CT molecular complexity index is 878. The van der Waals surface area contributed by atoms with Gasteiger partial charge in [-0.05, 0) is 31.9 Å². The molecular formula is C17H17N5O4. The minimum Gasteiger partial charge on any atom is -0.366 e. The highest BCUT2D eigenvalue weighted by Crippen LogP contribution is 2.32. The van der Waals surface area contributed by atoms with Gasteiger partial charge in [-0.2, -0.15) is 5.26 Å². The zero-order chi connectivity index (χ0) is 18.7. The van der Waals surface area contributed by atoms with Crippen LogP contribution in [0.25, 0.3) is 0 Å². The highest BCUT2D eigenvalue weighted by molar-refractivity contribution is 5.91. The number of nitro benzene ring substituents is 1. The molecule has 2 aromatic rings. The van der Waals surface area contributed by atoms with Crippen molar-refractivity contribution in [2.24, 2.45) is 5.92 Å². The first-order valence-corrected chi connectivity index (χ1v) is 8.15. The first-order valence-electron chi connectivity index (χ1n) is 8.15. The van der Waals surface area contributed by atoms with Crippen LogP contribution in [0.5, 0.6) is 0 Å². The monoisotopic (exact) mass is 355 g/mol. The van der Waals surface area contributed by atoms with E-state index in [9.17, 15) is 14.9 Å². The smallest absolute Gasteiger partial charge is 0.292 e. The first kappa shape index (κ1) is 17.4. The minimum atomic E-state index is -0.456. The highest BCUT2D eigenvalue weighted by Gasteiger charge is 2.29. The summed E-state index contributed by atoms with van der Waals surface area (Å²) < 4.78 is 4.92. The number of aromatic nitrogens is 1. The van der Waals surface area contributed by atoms with E-state index in [2.05, 4.69) is 10.5 Å². The molecular weight excluding hydrogens is 338 g/mol. The second kappa shape index (κ2) is 7.23. The number of amides is 1. The Morgan fingerprint density at radius 3 is 2.73 bits per heavy atom. The lowest BCUT2D eigenvalue weighted by Gasteiger charge is -2.32. The van der Waals surface area contributed by atoms with Gasteiger partial charge < -0.3 is 14.7 Å². The SMILES string of the molecule is Cc1cc(NC(=O)C2CCN(c3cc(C#N)ccc3[N+](=O)[O-])CC2)no1. The minimum absolute atomic E-state index is 0.0371. The number of anilines is 2. The zero-order valence-corrected chi connectivity index (χ0v) is 14.1. The topological polar surface area (TPSA) is 125 Å². The number of aryl methyl sites for hydroxylation is 1. The van der Waals surface area contributed by atoms with E-state index in [1.54, 1.807) is 13.0 Å². The van der Waals surface area contributed by atoms with E-state index in [0.717, 1.165) is 0 Å². The van der Waals surface area contributed by atoms with Crippen LogP contribution in [-0.2, 0) is 4.79 Å². The largest absolute Gasteiger partial charge is 0.366 e. The van der Waals surface area contributed by atoms with Crippen LogP contribution in [0.1, 0.15) is 24.2 Å². The van der Waals surface area contributed by atoms with Crippen LogP contribution in [0.15, 0.2) is 28.8 Å². The van der Waals surface area contributed by atoms with E-state index in [-0.39, 0.29) is 17.5 Å². The molecule has 0 saturated carbocycles. The second-order valence-corrected chi connectivity index (χ2v) is 6.15. The van der Waals surface area contributed by atoms with Gasteiger partial charge in [-0.15, -0.1) is 0 Å². The quantitative estimate of drug-likeness (QED) is 0.660. The van der Waals surface area contributed by atoms with Crippen LogP contribution >= 0.6 is 0 Å². The molecule has 1 aliphatic rings. The van der Waals surface area contributed by atoms with Gasteiger partial charge in [0.2, 0.25) is 5.91 Å². The number of carbonyl (C=O) groups is 1. The van der Waals surface area contributed by atoms with Gasteiger partial charge in [-0.1, -0.05) is 5.16 Å². The summed E-state index contributed by atoms with van der Waals surface area (Å²) >= 11 is 0. The molecule has 1 aliphatic heterocycles. The number of hydrogen-bond acceptors (Lipinski definition) is 7. The van der Waals surface area contributed by atoms with Crippen molar-refractivity contribution in [3.8, 4) is 6.07 Å². The van der Waals surface area contributed by atoms with Crippen molar-refractivity contribution in [3.63, 3.8) is 0 Å². The van der Waals surface area contributed by atoms with Crippen molar-refractivity contribution in [2.45, 2.75) is 19.8 Å². The van der Waals surface area contributed by atoms with E-state index < -0.39 is 4.92 Å². The van der Waals surface area contributed by atoms with Gasteiger partial charge in [0.25, 0.3) is 5.69 Å². The maximum atomic E-state index is 12.3. The summed E-state index contributed by atoms with van der Waals surface area (Å²) in [4.78, 5) is 25.0. The van der Waals surface area contributed by atoms with Crippen molar-refractivity contribution in [3.05, 3.63) is 45.7 Å². The molecule has 0 aliphatic carbocycles. The average Bonchev–Trinajstić information content (AvgIpc) is 3.05. The summed E-state index contributed by atoms with van der Waals surface area (Å²) in [5.41, 5.74) is 0.747. The third-order valence-corrected chi connectivity index (χ3v) is 4.39. The second-order valence-electron chi connectivity index (χ2n) is 6.15. The molecule has 0 spiro atoms. The number of rotatable bonds is 4. The van der Waals surface area contributed by atoms with E-state index >= 15 is 0 Å². The Balaban J connectivity index is 1.68. The number of piperidine rings is 1. The molecule has 1 fully saturated rings. The molecule has 3 rings (SSSR count). The van der Waals surface area contributed by atoms with Crippen LogP contribution in [-0.4, -0.2) is 29.1 Å². The molecule has 134 valence electrons. The fourth-order valence-electron chi connectivity index (χ4n) is 3.04. The summed E-state index contributed by atoms with van der Waals surface area (Å²) in [6.45, 7) is 2.72. The molecule has 1 saturated heterocycles. The van der Waals surface area contributed by atoms with Gasteiger partial charge in [0.05, 0.1) is 16.6 Å². The molecule has 0 bridgehead atoms. The Labute approximate surface area is 149 Å². The molecule has 0 unspecified atom stereocenters. The number of nitriles is 1. The zero-order valence-electron chi connectivity index (χ0n) is 14.1. The lowest BCUT2D eigenvalue weighted by Crippen LogP contribution is -2.38. The van der Waals surface area contributed by atoms with Gasteiger partial charge in [0.1, 0.15) is 11.4 Å². The molecule has 1 N–H and O–H groups in total.